The molecule has 0 saturated carbocycles. The van der Waals surface area contributed by atoms with Crippen molar-refractivity contribution in [1.82, 2.24) is 14.8 Å². The van der Waals surface area contributed by atoms with Crippen molar-refractivity contribution in [1.29, 1.82) is 0 Å². The summed E-state index contributed by atoms with van der Waals surface area (Å²) in [6.45, 7) is 2.09. The minimum Gasteiger partial charge on any atom is -0.302 e. The van der Waals surface area contributed by atoms with Crippen molar-refractivity contribution in [2.75, 3.05) is 5.32 Å². The zero-order chi connectivity index (χ0) is 20.4. The molecule has 4 aromatic rings. The Morgan fingerprint density at radius 2 is 1.83 bits per heavy atom. The highest BCUT2D eigenvalue weighted by atomic mass is 32.1. The number of nitrogens with zero attached hydrogens (tertiary/aromatic N) is 2. The van der Waals surface area contributed by atoms with Crippen LogP contribution in [0.3, 0.4) is 0 Å². The van der Waals surface area contributed by atoms with E-state index in [1.165, 1.54) is 21.6 Å². The SMILES string of the molecule is Cc1ccc(-c2csc(NC(=O)CCn3[nH]c(=O)c4ccccc4c3=O)n2)cc1. The zero-order valence-corrected chi connectivity index (χ0v) is 16.5. The molecule has 0 aliphatic carbocycles. The van der Waals surface area contributed by atoms with Crippen LogP contribution in [0.1, 0.15) is 12.0 Å². The third kappa shape index (κ3) is 4.02. The maximum absolute atomic E-state index is 12.5. The van der Waals surface area contributed by atoms with Crippen molar-refractivity contribution in [3.8, 4) is 11.3 Å². The van der Waals surface area contributed by atoms with E-state index in [0.29, 0.717) is 15.9 Å². The highest BCUT2D eigenvalue weighted by Crippen LogP contribution is 2.25. The second kappa shape index (κ2) is 7.84. The van der Waals surface area contributed by atoms with Crippen LogP contribution >= 0.6 is 11.3 Å². The Hall–Kier alpha value is -3.52. The summed E-state index contributed by atoms with van der Waals surface area (Å²) in [7, 11) is 0. The lowest BCUT2D eigenvalue weighted by atomic mass is 10.1. The summed E-state index contributed by atoms with van der Waals surface area (Å²) in [5.74, 6) is -0.282. The van der Waals surface area contributed by atoms with Crippen molar-refractivity contribution in [3.63, 3.8) is 0 Å². The number of fused-ring (bicyclic) bond motifs is 1. The number of carbonyl (C=O) groups excluding carboxylic acids is 1. The number of benzene rings is 2. The average molecular weight is 406 g/mol. The number of aromatic amines is 1. The Bertz CT molecular complexity index is 1300. The van der Waals surface area contributed by atoms with Crippen LogP contribution in [0.15, 0.2) is 63.5 Å². The molecule has 2 aromatic carbocycles. The first-order chi connectivity index (χ1) is 14.0. The van der Waals surface area contributed by atoms with Gasteiger partial charge in [0.05, 0.1) is 23.0 Å². The van der Waals surface area contributed by atoms with E-state index in [1.54, 1.807) is 24.3 Å². The van der Waals surface area contributed by atoms with Crippen molar-refractivity contribution < 1.29 is 4.79 Å². The Morgan fingerprint density at radius 3 is 2.59 bits per heavy atom. The van der Waals surface area contributed by atoms with Crippen LogP contribution in [0.5, 0.6) is 0 Å². The summed E-state index contributed by atoms with van der Waals surface area (Å²) < 4.78 is 1.17. The topological polar surface area (TPSA) is 96.9 Å². The Labute approximate surface area is 169 Å². The number of thiazole rings is 1. The van der Waals surface area contributed by atoms with Crippen LogP contribution < -0.4 is 16.4 Å². The fraction of sp³-hybridized carbons (Fsp3) is 0.143. The molecule has 8 heteroatoms. The van der Waals surface area contributed by atoms with E-state index >= 15 is 0 Å². The predicted octanol–water partition coefficient (Wildman–Crippen LogP) is 3.15. The Morgan fingerprint density at radius 1 is 1.10 bits per heavy atom. The van der Waals surface area contributed by atoms with E-state index in [4.69, 9.17) is 0 Å². The van der Waals surface area contributed by atoms with Crippen molar-refractivity contribution in [2.45, 2.75) is 19.9 Å². The molecule has 0 bridgehead atoms. The van der Waals surface area contributed by atoms with Gasteiger partial charge in [-0.2, -0.15) is 0 Å². The Balaban J connectivity index is 1.44. The van der Waals surface area contributed by atoms with E-state index in [1.807, 2.05) is 36.6 Å². The summed E-state index contributed by atoms with van der Waals surface area (Å²) in [5, 5.41) is 8.31. The highest BCUT2D eigenvalue weighted by molar-refractivity contribution is 7.14. The van der Waals surface area contributed by atoms with Crippen molar-refractivity contribution in [2.24, 2.45) is 0 Å². The average Bonchev–Trinajstić information content (AvgIpc) is 3.18. The largest absolute Gasteiger partial charge is 0.302 e. The first-order valence-corrected chi connectivity index (χ1v) is 9.93. The number of hydrogen-bond donors (Lipinski definition) is 2. The molecular formula is C21H18N4O3S. The van der Waals surface area contributed by atoms with E-state index in [9.17, 15) is 14.4 Å². The maximum atomic E-state index is 12.5. The zero-order valence-electron chi connectivity index (χ0n) is 15.6. The van der Waals surface area contributed by atoms with Crippen molar-refractivity contribution in [3.05, 3.63) is 80.2 Å². The number of anilines is 1. The van der Waals surface area contributed by atoms with Gasteiger partial charge in [0, 0.05) is 17.4 Å². The number of amides is 1. The minimum absolute atomic E-state index is 0.0353. The molecule has 0 aliphatic rings. The fourth-order valence-corrected chi connectivity index (χ4v) is 3.72. The molecule has 0 fully saturated rings. The van der Waals surface area contributed by atoms with Crippen LogP contribution in [-0.4, -0.2) is 20.7 Å². The summed E-state index contributed by atoms with van der Waals surface area (Å²) in [6, 6.07) is 14.6. The van der Waals surface area contributed by atoms with Crippen LogP contribution in [0.2, 0.25) is 0 Å². The van der Waals surface area contributed by atoms with Gasteiger partial charge in [0.1, 0.15) is 0 Å². The third-order valence-electron chi connectivity index (χ3n) is 4.54. The molecule has 0 saturated heterocycles. The molecule has 29 heavy (non-hydrogen) atoms. The van der Waals surface area contributed by atoms with Gasteiger partial charge in [-0.05, 0) is 19.1 Å². The molecule has 2 heterocycles. The molecule has 2 N–H and O–H groups in total. The lowest BCUT2D eigenvalue weighted by Gasteiger charge is -2.07. The first kappa shape index (κ1) is 18.8. The standard InChI is InChI=1S/C21H18N4O3S/c1-13-6-8-14(9-7-13)17-12-29-21(22-17)23-18(26)10-11-25-20(28)16-5-3-2-4-15(16)19(27)24-25/h2-9,12H,10-11H2,1H3,(H,24,27)(H,22,23,26). The second-order valence-corrected chi connectivity index (χ2v) is 7.50. The summed E-state index contributed by atoms with van der Waals surface area (Å²) >= 11 is 1.34. The molecule has 0 radical (unpaired) electrons. The molecule has 4 rings (SSSR count). The van der Waals surface area contributed by atoms with Gasteiger partial charge in [-0.1, -0.05) is 42.0 Å². The van der Waals surface area contributed by atoms with Crippen LogP contribution in [0, 0.1) is 6.92 Å². The van der Waals surface area contributed by atoms with Gasteiger partial charge in [0.15, 0.2) is 5.13 Å². The first-order valence-electron chi connectivity index (χ1n) is 9.05. The van der Waals surface area contributed by atoms with Gasteiger partial charge in [-0.25, -0.2) is 9.67 Å². The number of nitrogens with one attached hydrogen (secondary N) is 2. The molecule has 2 aromatic heterocycles. The molecule has 1 amide bonds. The second-order valence-electron chi connectivity index (χ2n) is 6.65. The number of aryl methyl sites for hydroxylation is 2. The van der Waals surface area contributed by atoms with E-state index < -0.39 is 0 Å². The summed E-state index contributed by atoms with van der Waals surface area (Å²) in [6.07, 6.45) is 0.0353. The number of carbonyl (C=O) groups is 1. The Kier molecular flexibility index (Phi) is 5.09. The van der Waals surface area contributed by atoms with E-state index in [-0.39, 0.29) is 30.0 Å². The molecule has 7 nitrogen and oxygen atoms in total. The number of aromatic nitrogens is 3. The minimum atomic E-state index is -0.358. The lowest BCUT2D eigenvalue weighted by molar-refractivity contribution is -0.116. The van der Waals surface area contributed by atoms with Gasteiger partial charge in [0.2, 0.25) is 5.91 Å². The molecule has 0 unspecified atom stereocenters. The molecule has 0 spiro atoms. The fourth-order valence-electron chi connectivity index (χ4n) is 2.99. The van der Waals surface area contributed by atoms with Gasteiger partial charge in [0.25, 0.3) is 11.1 Å². The van der Waals surface area contributed by atoms with Gasteiger partial charge < -0.3 is 5.32 Å². The number of hydrogen-bond acceptors (Lipinski definition) is 5. The monoisotopic (exact) mass is 406 g/mol. The van der Waals surface area contributed by atoms with Gasteiger partial charge in [-0.3, -0.25) is 19.5 Å². The smallest absolute Gasteiger partial charge is 0.273 e. The van der Waals surface area contributed by atoms with Crippen LogP contribution in [0.4, 0.5) is 5.13 Å². The predicted molar refractivity (Wildman–Crippen MR) is 114 cm³/mol. The van der Waals surface area contributed by atoms with Gasteiger partial charge in [-0.15, -0.1) is 11.3 Å². The molecule has 0 atom stereocenters. The van der Waals surface area contributed by atoms with E-state index in [0.717, 1.165) is 11.3 Å². The number of H-pyrrole nitrogens is 1. The normalized spacial score (nSPS) is 10.9. The molecule has 146 valence electrons. The summed E-state index contributed by atoms with van der Waals surface area (Å²) in [4.78, 5) is 41.3. The lowest BCUT2D eigenvalue weighted by Crippen LogP contribution is -2.31. The quantitative estimate of drug-likeness (QED) is 0.532. The molecule has 0 aliphatic heterocycles. The molecular weight excluding hydrogens is 388 g/mol. The van der Waals surface area contributed by atoms with Crippen LogP contribution in [-0.2, 0) is 11.3 Å². The van der Waals surface area contributed by atoms with Crippen LogP contribution in [0.25, 0.3) is 22.0 Å². The highest BCUT2D eigenvalue weighted by Gasteiger charge is 2.11. The van der Waals surface area contributed by atoms with Gasteiger partial charge >= 0.3 is 0 Å². The summed E-state index contributed by atoms with van der Waals surface area (Å²) in [5.41, 5.74) is 2.25. The maximum Gasteiger partial charge on any atom is 0.273 e. The number of rotatable bonds is 5. The van der Waals surface area contributed by atoms with Crippen molar-refractivity contribution >= 4 is 33.1 Å². The van der Waals surface area contributed by atoms with E-state index in [2.05, 4.69) is 15.4 Å². The third-order valence-corrected chi connectivity index (χ3v) is 5.30.